The summed E-state index contributed by atoms with van der Waals surface area (Å²) >= 11 is 11.8. The molecule has 0 unspecified atom stereocenters. The number of hydrogen-bond donors (Lipinski definition) is 1. The number of fused-ring (bicyclic) bond motifs is 6. The van der Waals surface area contributed by atoms with E-state index in [9.17, 15) is 8.78 Å². The molecular formula is C34H31Cl2F2N5O2. The van der Waals surface area contributed by atoms with Crippen LogP contribution in [-0.4, -0.2) is 38.9 Å². The van der Waals surface area contributed by atoms with Crippen LogP contribution in [0.2, 0.25) is 10.3 Å². The van der Waals surface area contributed by atoms with Crippen molar-refractivity contribution in [1.82, 2.24) is 19.4 Å². The van der Waals surface area contributed by atoms with Gasteiger partial charge in [0.2, 0.25) is 0 Å². The lowest BCUT2D eigenvalue weighted by atomic mass is 10.1. The van der Waals surface area contributed by atoms with Gasteiger partial charge in [0, 0.05) is 30.6 Å². The van der Waals surface area contributed by atoms with Gasteiger partial charge >= 0.3 is 0 Å². The van der Waals surface area contributed by atoms with Gasteiger partial charge in [-0.3, -0.25) is 4.40 Å². The molecule has 0 amide bonds. The SMILES string of the molecule is CCOC(C)OCC.Fc1cccc2c1cc1c3nc(Cl)ccc3ncn21.Nc1ccc(Cl)nc1C1=Cc2c(F)cccc2C1. The van der Waals surface area contributed by atoms with Crippen molar-refractivity contribution in [2.75, 3.05) is 18.9 Å². The Morgan fingerprint density at radius 1 is 0.889 bits per heavy atom. The smallest absolute Gasteiger partial charge is 0.154 e. The predicted molar refractivity (Wildman–Crippen MR) is 177 cm³/mol. The fourth-order valence-electron chi connectivity index (χ4n) is 5.06. The van der Waals surface area contributed by atoms with E-state index < -0.39 is 0 Å². The van der Waals surface area contributed by atoms with Crippen LogP contribution in [0.15, 0.2) is 73.1 Å². The number of anilines is 1. The van der Waals surface area contributed by atoms with E-state index in [1.54, 1.807) is 54.9 Å². The van der Waals surface area contributed by atoms with Crippen LogP contribution in [0.5, 0.6) is 0 Å². The van der Waals surface area contributed by atoms with Gasteiger partial charge in [0.05, 0.1) is 27.9 Å². The van der Waals surface area contributed by atoms with Crippen LogP contribution in [0.3, 0.4) is 0 Å². The Hall–Kier alpha value is -4.15. The van der Waals surface area contributed by atoms with E-state index in [0.29, 0.717) is 44.6 Å². The number of halogens is 4. The van der Waals surface area contributed by atoms with E-state index in [4.69, 9.17) is 38.4 Å². The first-order valence-electron chi connectivity index (χ1n) is 14.3. The molecule has 4 aromatic heterocycles. The Morgan fingerprint density at radius 2 is 1.58 bits per heavy atom. The Morgan fingerprint density at radius 3 is 2.31 bits per heavy atom. The highest BCUT2D eigenvalue weighted by molar-refractivity contribution is 6.30. The molecule has 11 heteroatoms. The molecule has 4 heterocycles. The van der Waals surface area contributed by atoms with Crippen LogP contribution in [-0.2, 0) is 15.9 Å². The van der Waals surface area contributed by atoms with Gasteiger partial charge in [-0.15, -0.1) is 0 Å². The zero-order valence-electron chi connectivity index (χ0n) is 24.9. The van der Waals surface area contributed by atoms with Crippen LogP contribution in [0.1, 0.15) is 37.6 Å². The van der Waals surface area contributed by atoms with Gasteiger partial charge in [0.1, 0.15) is 33.8 Å². The molecule has 2 aromatic carbocycles. The summed E-state index contributed by atoms with van der Waals surface area (Å²) < 4.78 is 39.4. The highest BCUT2D eigenvalue weighted by Gasteiger charge is 2.19. The number of pyridine rings is 2. The fourth-order valence-corrected chi connectivity index (χ4v) is 5.36. The van der Waals surface area contributed by atoms with Crippen molar-refractivity contribution in [3.05, 3.63) is 112 Å². The lowest BCUT2D eigenvalue weighted by Gasteiger charge is -2.09. The van der Waals surface area contributed by atoms with Crippen molar-refractivity contribution in [3.8, 4) is 0 Å². The number of ether oxygens (including phenoxy) is 2. The van der Waals surface area contributed by atoms with Crippen molar-refractivity contribution in [2.24, 2.45) is 0 Å². The molecule has 7 rings (SSSR count). The van der Waals surface area contributed by atoms with E-state index in [-0.39, 0.29) is 17.9 Å². The predicted octanol–water partition coefficient (Wildman–Crippen LogP) is 8.79. The maximum Gasteiger partial charge on any atom is 0.154 e. The fraction of sp³-hybridized carbons (Fsp3) is 0.206. The van der Waals surface area contributed by atoms with E-state index in [2.05, 4.69) is 15.0 Å². The van der Waals surface area contributed by atoms with Gasteiger partial charge in [-0.25, -0.2) is 23.7 Å². The third kappa shape index (κ3) is 7.23. The van der Waals surface area contributed by atoms with Gasteiger partial charge in [0.15, 0.2) is 6.29 Å². The molecule has 1 aliphatic carbocycles. The standard InChI is InChI=1S/C14H7ClFN3.C14H10ClFN2.C6H14O2/c15-13-5-4-10-14(18-13)12-6-8-9(16)2-1-3-11(8)19(12)7-17-10;15-13-5-4-12(17)14(18-13)9-6-8-2-1-3-11(16)10(8)7-9;1-4-7-6(3)8-5-2/h1-7H;1-5,7H,6,17H2;6H,4-5H2,1-3H3. The molecule has 0 bridgehead atoms. The molecule has 2 N–H and O–H groups in total. The second-order valence-electron chi connectivity index (χ2n) is 10.0. The molecular weight excluding hydrogens is 619 g/mol. The molecule has 45 heavy (non-hydrogen) atoms. The number of aromatic nitrogens is 4. The zero-order valence-corrected chi connectivity index (χ0v) is 26.4. The number of hydrogen-bond acceptors (Lipinski definition) is 6. The molecule has 7 nitrogen and oxygen atoms in total. The van der Waals surface area contributed by atoms with E-state index in [1.165, 1.54) is 12.1 Å². The molecule has 0 fully saturated rings. The van der Waals surface area contributed by atoms with Crippen molar-refractivity contribution in [1.29, 1.82) is 0 Å². The topological polar surface area (TPSA) is 87.6 Å². The number of nitrogens with two attached hydrogens (primary N) is 1. The third-order valence-electron chi connectivity index (χ3n) is 7.07. The van der Waals surface area contributed by atoms with Crippen molar-refractivity contribution >= 4 is 68.0 Å². The number of nitrogens with zero attached hydrogens (tertiary/aromatic N) is 4. The summed E-state index contributed by atoms with van der Waals surface area (Å²) in [6.07, 6.45) is 4.06. The number of nitrogen functional groups attached to an aromatic ring is 1. The molecule has 0 atom stereocenters. The quantitative estimate of drug-likeness (QED) is 0.148. The van der Waals surface area contributed by atoms with Crippen LogP contribution in [0.4, 0.5) is 14.5 Å². The van der Waals surface area contributed by atoms with Crippen LogP contribution < -0.4 is 5.73 Å². The highest BCUT2D eigenvalue weighted by Crippen LogP contribution is 2.34. The average molecular weight is 651 g/mol. The molecule has 232 valence electrons. The van der Waals surface area contributed by atoms with Gasteiger partial charge in [-0.2, -0.15) is 0 Å². The molecule has 0 aliphatic heterocycles. The van der Waals surface area contributed by atoms with E-state index >= 15 is 0 Å². The Kier molecular flexibility index (Phi) is 10.2. The monoisotopic (exact) mass is 649 g/mol. The zero-order chi connectivity index (χ0) is 32.1. The molecule has 6 aromatic rings. The first-order chi connectivity index (χ1) is 21.7. The summed E-state index contributed by atoms with van der Waals surface area (Å²) in [7, 11) is 0. The van der Waals surface area contributed by atoms with Crippen molar-refractivity contribution < 1.29 is 18.3 Å². The summed E-state index contributed by atoms with van der Waals surface area (Å²) in [5, 5.41) is 1.34. The van der Waals surface area contributed by atoms with Gasteiger partial charge < -0.3 is 15.2 Å². The first-order valence-corrected chi connectivity index (χ1v) is 15.1. The molecule has 1 aliphatic rings. The second kappa shape index (κ2) is 14.3. The number of rotatable bonds is 5. The Balaban J connectivity index is 0.000000145. The maximum absolute atomic E-state index is 13.8. The molecule has 0 saturated carbocycles. The minimum absolute atomic E-state index is 0.0370. The minimum atomic E-state index is -0.253. The lowest BCUT2D eigenvalue weighted by Crippen LogP contribution is -2.11. The Labute approximate surface area is 269 Å². The maximum atomic E-state index is 13.8. The van der Waals surface area contributed by atoms with Gasteiger partial charge in [-0.1, -0.05) is 41.4 Å². The summed E-state index contributed by atoms with van der Waals surface area (Å²) in [6.45, 7) is 7.25. The second-order valence-corrected chi connectivity index (χ2v) is 10.8. The average Bonchev–Trinajstić information content (AvgIpc) is 3.63. The largest absolute Gasteiger partial charge is 0.397 e. The normalized spacial score (nSPS) is 12.1. The lowest BCUT2D eigenvalue weighted by molar-refractivity contribution is -0.123. The number of benzene rings is 2. The van der Waals surface area contributed by atoms with Gasteiger partial charge in [-0.05, 0) is 86.5 Å². The Bertz CT molecular complexity index is 2010. The molecule has 0 radical (unpaired) electrons. The van der Waals surface area contributed by atoms with Crippen LogP contribution in [0, 0.1) is 11.6 Å². The van der Waals surface area contributed by atoms with Crippen LogP contribution >= 0.6 is 23.2 Å². The first kappa shape index (κ1) is 32.2. The van der Waals surface area contributed by atoms with Gasteiger partial charge in [0.25, 0.3) is 0 Å². The summed E-state index contributed by atoms with van der Waals surface area (Å²) in [6, 6.07) is 18.7. The van der Waals surface area contributed by atoms with Crippen molar-refractivity contribution in [2.45, 2.75) is 33.5 Å². The van der Waals surface area contributed by atoms with Crippen LogP contribution in [0.25, 0.3) is 39.1 Å². The number of allylic oxidation sites excluding steroid dienone is 1. The minimum Gasteiger partial charge on any atom is -0.397 e. The third-order valence-corrected chi connectivity index (χ3v) is 7.49. The molecule has 0 saturated heterocycles. The van der Waals surface area contributed by atoms with E-state index in [1.807, 2.05) is 37.3 Å². The highest BCUT2D eigenvalue weighted by atomic mass is 35.5. The summed E-state index contributed by atoms with van der Waals surface area (Å²) in [5.74, 6) is -0.473. The van der Waals surface area contributed by atoms with E-state index in [0.717, 1.165) is 40.9 Å². The summed E-state index contributed by atoms with van der Waals surface area (Å²) in [5.41, 5.74) is 12.5. The van der Waals surface area contributed by atoms with Crippen molar-refractivity contribution in [3.63, 3.8) is 0 Å². The molecule has 0 spiro atoms. The summed E-state index contributed by atoms with van der Waals surface area (Å²) in [4.78, 5) is 12.8.